The summed E-state index contributed by atoms with van der Waals surface area (Å²) in [5.41, 5.74) is 3.93. The minimum Gasteiger partial charge on any atom is -0.497 e. The third-order valence-corrected chi connectivity index (χ3v) is 7.30. The van der Waals surface area contributed by atoms with E-state index in [-0.39, 0.29) is 11.8 Å². The highest BCUT2D eigenvalue weighted by atomic mass is 16.5. The fraction of sp³-hybridized carbons (Fsp3) is 0.370. The molecule has 6 rings (SSSR count). The number of hydrogen-bond acceptors (Lipinski definition) is 6. The number of methoxy groups -OCH3 is 1. The average Bonchev–Trinajstić information content (AvgIpc) is 3.43. The Morgan fingerprint density at radius 1 is 0.971 bits per heavy atom. The number of amides is 1. The number of aromatic nitrogens is 3. The molecular weight excluding hydrogens is 440 g/mol. The maximum Gasteiger partial charge on any atom is 0.227 e. The number of benzene rings is 1. The number of carbonyl (C=O) groups excluding carboxylic acids is 1. The highest BCUT2D eigenvalue weighted by molar-refractivity contribution is 5.84. The average molecular weight is 471 g/mol. The molecule has 1 atom stereocenters. The van der Waals surface area contributed by atoms with Crippen LogP contribution in [-0.4, -0.2) is 71.6 Å². The van der Waals surface area contributed by atoms with E-state index in [9.17, 15) is 4.79 Å². The second-order valence-electron chi connectivity index (χ2n) is 9.34. The predicted octanol–water partition coefficient (Wildman–Crippen LogP) is 3.46. The highest BCUT2D eigenvalue weighted by Gasteiger charge is 2.32. The van der Waals surface area contributed by atoms with Crippen LogP contribution >= 0.6 is 0 Å². The zero-order valence-electron chi connectivity index (χ0n) is 20.0. The minimum absolute atomic E-state index is 0.0108. The van der Waals surface area contributed by atoms with Crippen LogP contribution in [0.15, 0.2) is 60.9 Å². The molecule has 0 radical (unpaired) electrons. The lowest BCUT2D eigenvalue weighted by molar-refractivity contribution is -0.136. The van der Waals surface area contributed by atoms with Crippen LogP contribution < -0.4 is 14.5 Å². The monoisotopic (exact) mass is 470 g/mol. The maximum atomic E-state index is 13.5. The molecule has 35 heavy (non-hydrogen) atoms. The smallest absolute Gasteiger partial charge is 0.227 e. The van der Waals surface area contributed by atoms with Crippen LogP contribution in [0.25, 0.3) is 16.7 Å². The van der Waals surface area contributed by atoms with Gasteiger partial charge in [0, 0.05) is 63.4 Å². The molecule has 2 aliphatic heterocycles. The Balaban J connectivity index is 1.16. The number of piperazine rings is 1. The van der Waals surface area contributed by atoms with E-state index in [0.717, 1.165) is 79.5 Å². The van der Waals surface area contributed by atoms with Gasteiger partial charge in [-0.3, -0.25) is 4.79 Å². The van der Waals surface area contributed by atoms with Crippen LogP contribution in [0.2, 0.25) is 0 Å². The summed E-state index contributed by atoms with van der Waals surface area (Å²) < 4.78 is 7.52. The van der Waals surface area contributed by atoms with Gasteiger partial charge in [-0.2, -0.15) is 0 Å². The van der Waals surface area contributed by atoms with Gasteiger partial charge in [0.1, 0.15) is 5.75 Å². The van der Waals surface area contributed by atoms with Crippen LogP contribution in [0.3, 0.4) is 0 Å². The topological polar surface area (TPSA) is 66.2 Å². The Morgan fingerprint density at radius 2 is 1.83 bits per heavy atom. The standard InChI is InChI=1S/C27H30N6O2/c1-35-22-8-2-7-21(18-22)30-14-16-31(17-15-30)27(34)20-6-4-12-32(19-20)26-24-10-5-13-33(24)23-9-3-11-28-25(23)29-26/h2-3,5,7-11,13,18,20H,4,6,12,14-17,19H2,1H3/t20-/m0/s1. The lowest BCUT2D eigenvalue weighted by Gasteiger charge is -2.40. The van der Waals surface area contributed by atoms with Crippen LogP contribution in [0, 0.1) is 5.92 Å². The fourth-order valence-electron chi connectivity index (χ4n) is 5.45. The van der Waals surface area contributed by atoms with E-state index >= 15 is 0 Å². The van der Waals surface area contributed by atoms with Gasteiger partial charge in [-0.15, -0.1) is 0 Å². The zero-order valence-corrected chi connectivity index (χ0v) is 20.0. The molecule has 4 aromatic rings. The third-order valence-electron chi connectivity index (χ3n) is 7.30. The highest BCUT2D eigenvalue weighted by Crippen LogP contribution is 2.30. The molecule has 0 spiro atoms. The van der Waals surface area contributed by atoms with Crippen molar-refractivity contribution in [1.82, 2.24) is 19.3 Å². The van der Waals surface area contributed by atoms with Crippen LogP contribution in [-0.2, 0) is 4.79 Å². The van der Waals surface area contributed by atoms with Crippen molar-refractivity contribution in [2.75, 3.05) is 56.2 Å². The molecule has 180 valence electrons. The molecule has 8 heteroatoms. The first-order valence-electron chi connectivity index (χ1n) is 12.4. The Bertz CT molecular complexity index is 1360. The molecule has 2 aliphatic rings. The van der Waals surface area contributed by atoms with Gasteiger partial charge >= 0.3 is 0 Å². The number of anilines is 2. The van der Waals surface area contributed by atoms with Crippen LogP contribution in [0.4, 0.5) is 11.5 Å². The number of fused-ring (bicyclic) bond motifs is 3. The van der Waals surface area contributed by atoms with Gasteiger partial charge in [-0.05, 0) is 49.2 Å². The summed E-state index contributed by atoms with van der Waals surface area (Å²) in [5.74, 6) is 2.04. The Morgan fingerprint density at radius 3 is 2.69 bits per heavy atom. The number of carbonyl (C=O) groups is 1. The van der Waals surface area contributed by atoms with Crippen molar-refractivity contribution in [2.45, 2.75) is 12.8 Å². The van der Waals surface area contributed by atoms with Crippen LogP contribution in [0.5, 0.6) is 5.75 Å². The number of nitrogens with zero attached hydrogens (tertiary/aromatic N) is 6. The summed E-state index contributed by atoms with van der Waals surface area (Å²) in [6.45, 7) is 4.75. The fourth-order valence-corrected chi connectivity index (χ4v) is 5.45. The zero-order chi connectivity index (χ0) is 23.8. The van der Waals surface area contributed by atoms with Gasteiger partial charge in [-0.1, -0.05) is 6.07 Å². The first-order chi connectivity index (χ1) is 17.2. The summed E-state index contributed by atoms with van der Waals surface area (Å²) in [6.07, 6.45) is 5.74. The number of ether oxygens (including phenoxy) is 1. The van der Waals surface area contributed by atoms with Crippen LogP contribution in [0.1, 0.15) is 12.8 Å². The second-order valence-corrected chi connectivity index (χ2v) is 9.34. The molecule has 8 nitrogen and oxygen atoms in total. The molecular formula is C27H30N6O2. The van der Waals surface area contributed by atoms with Gasteiger partial charge < -0.3 is 23.8 Å². The van der Waals surface area contributed by atoms with Crippen molar-refractivity contribution >= 4 is 34.1 Å². The lowest BCUT2D eigenvalue weighted by atomic mass is 9.96. The van der Waals surface area contributed by atoms with E-state index in [1.165, 1.54) is 0 Å². The normalized spacial score (nSPS) is 18.9. The quantitative estimate of drug-likeness (QED) is 0.455. The summed E-state index contributed by atoms with van der Waals surface area (Å²) >= 11 is 0. The summed E-state index contributed by atoms with van der Waals surface area (Å²) in [6, 6.07) is 16.3. The van der Waals surface area contributed by atoms with Gasteiger partial charge in [0.15, 0.2) is 11.5 Å². The largest absolute Gasteiger partial charge is 0.497 e. The van der Waals surface area contributed by atoms with E-state index in [2.05, 4.69) is 43.6 Å². The van der Waals surface area contributed by atoms with Gasteiger partial charge in [-0.25, -0.2) is 9.97 Å². The molecule has 0 unspecified atom stereocenters. The first kappa shape index (κ1) is 21.7. The van der Waals surface area contributed by atoms with E-state index in [1.807, 2.05) is 35.2 Å². The second kappa shape index (κ2) is 9.09. The van der Waals surface area contributed by atoms with E-state index in [4.69, 9.17) is 9.72 Å². The number of hydrogen-bond donors (Lipinski definition) is 0. The molecule has 1 aromatic carbocycles. The van der Waals surface area contributed by atoms with Gasteiger partial charge in [0.05, 0.1) is 24.1 Å². The summed E-state index contributed by atoms with van der Waals surface area (Å²) in [4.78, 5) is 29.6. The predicted molar refractivity (Wildman–Crippen MR) is 137 cm³/mol. The Hall–Kier alpha value is -3.81. The maximum absolute atomic E-state index is 13.5. The molecule has 1 amide bonds. The molecule has 0 N–H and O–H groups in total. The molecule has 0 aliphatic carbocycles. The van der Waals surface area contributed by atoms with Crippen molar-refractivity contribution in [3.63, 3.8) is 0 Å². The molecule has 3 aromatic heterocycles. The number of pyridine rings is 1. The molecule has 2 saturated heterocycles. The number of piperidine rings is 1. The third kappa shape index (κ3) is 4.03. The van der Waals surface area contributed by atoms with Crippen molar-refractivity contribution in [1.29, 1.82) is 0 Å². The number of rotatable bonds is 4. The van der Waals surface area contributed by atoms with Crippen molar-refractivity contribution in [3.05, 3.63) is 60.9 Å². The molecule has 2 fully saturated rings. The molecule has 0 bridgehead atoms. The van der Waals surface area contributed by atoms with E-state index < -0.39 is 0 Å². The Labute approximate surface area is 204 Å². The van der Waals surface area contributed by atoms with E-state index in [0.29, 0.717) is 6.54 Å². The van der Waals surface area contributed by atoms with Crippen molar-refractivity contribution < 1.29 is 9.53 Å². The minimum atomic E-state index is -0.0108. The van der Waals surface area contributed by atoms with E-state index in [1.54, 1.807) is 13.3 Å². The van der Waals surface area contributed by atoms with Crippen molar-refractivity contribution in [3.8, 4) is 5.75 Å². The van der Waals surface area contributed by atoms with Gasteiger partial charge in [0.25, 0.3) is 0 Å². The lowest BCUT2D eigenvalue weighted by Crippen LogP contribution is -2.52. The van der Waals surface area contributed by atoms with Gasteiger partial charge in [0.2, 0.25) is 5.91 Å². The Kier molecular flexibility index (Phi) is 5.64. The molecule has 5 heterocycles. The summed E-state index contributed by atoms with van der Waals surface area (Å²) in [5, 5.41) is 0. The SMILES string of the molecule is COc1cccc(N2CCN(C(=O)[C@H]3CCCN(c4nc5ncccc5n5cccc45)C3)CC2)c1. The molecule has 0 saturated carbocycles. The van der Waals surface area contributed by atoms with Crippen molar-refractivity contribution in [2.24, 2.45) is 5.92 Å². The first-order valence-corrected chi connectivity index (χ1v) is 12.4. The summed E-state index contributed by atoms with van der Waals surface area (Å²) in [7, 11) is 1.69.